The van der Waals surface area contributed by atoms with E-state index in [9.17, 15) is 9.90 Å². The fourth-order valence-corrected chi connectivity index (χ4v) is 3.36. The molecule has 126 valence electrons. The molecule has 3 rings (SSSR count). The number of hydrogen-bond acceptors (Lipinski definition) is 4. The van der Waals surface area contributed by atoms with Crippen molar-refractivity contribution >= 4 is 5.91 Å². The number of aliphatic hydroxyl groups is 1. The summed E-state index contributed by atoms with van der Waals surface area (Å²) in [4.78, 5) is 23.2. The van der Waals surface area contributed by atoms with Gasteiger partial charge in [-0.15, -0.1) is 0 Å². The van der Waals surface area contributed by atoms with Crippen molar-refractivity contribution < 1.29 is 9.90 Å². The molecular formula is C19H23N3O2. The lowest BCUT2D eigenvalue weighted by Gasteiger charge is -2.27. The first kappa shape index (κ1) is 16.6. The van der Waals surface area contributed by atoms with E-state index in [4.69, 9.17) is 0 Å². The highest BCUT2D eigenvalue weighted by Gasteiger charge is 2.32. The molecule has 2 atom stereocenters. The van der Waals surface area contributed by atoms with E-state index in [0.717, 1.165) is 24.9 Å². The molecule has 1 saturated heterocycles. The second kappa shape index (κ2) is 7.09. The van der Waals surface area contributed by atoms with Crippen LogP contribution in [0.15, 0.2) is 36.5 Å². The zero-order chi connectivity index (χ0) is 17.1. The van der Waals surface area contributed by atoms with Gasteiger partial charge in [0.15, 0.2) is 0 Å². The van der Waals surface area contributed by atoms with Gasteiger partial charge in [0, 0.05) is 18.8 Å². The van der Waals surface area contributed by atoms with Crippen molar-refractivity contribution in [1.82, 2.24) is 14.9 Å². The maximum Gasteiger partial charge on any atom is 0.257 e. The van der Waals surface area contributed by atoms with Crippen LogP contribution >= 0.6 is 0 Å². The molecule has 2 unspecified atom stereocenters. The van der Waals surface area contributed by atoms with E-state index < -0.39 is 6.10 Å². The highest BCUT2D eigenvalue weighted by atomic mass is 16.3. The molecule has 1 N–H and O–H groups in total. The largest absolute Gasteiger partial charge is 0.388 e. The first-order chi connectivity index (χ1) is 11.6. The molecule has 2 heterocycles. The number of aliphatic hydroxyl groups excluding tert-OH is 1. The molecule has 0 saturated carbocycles. The van der Waals surface area contributed by atoms with Gasteiger partial charge >= 0.3 is 0 Å². The summed E-state index contributed by atoms with van der Waals surface area (Å²) in [5.41, 5.74) is 2.16. The van der Waals surface area contributed by atoms with Gasteiger partial charge in [0.25, 0.3) is 5.91 Å². The number of aromatic nitrogens is 2. The summed E-state index contributed by atoms with van der Waals surface area (Å²) in [6.07, 6.45) is 3.50. The molecule has 2 aromatic rings. The molecule has 0 bridgehead atoms. The van der Waals surface area contributed by atoms with Crippen LogP contribution in [0.2, 0.25) is 0 Å². The first-order valence-corrected chi connectivity index (χ1v) is 8.40. The average Bonchev–Trinajstić information content (AvgIpc) is 3.03. The number of carbonyl (C=O) groups excluding carboxylic acids is 1. The summed E-state index contributed by atoms with van der Waals surface area (Å²) in [6.45, 7) is 4.38. The second-order valence-electron chi connectivity index (χ2n) is 6.37. The lowest BCUT2D eigenvalue weighted by Crippen LogP contribution is -2.37. The molecule has 1 aliphatic rings. The Morgan fingerprint density at radius 3 is 2.79 bits per heavy atom. The molecule has 5 heteroatoms. The molecule has 1 amide bonds. The number of likely N-dealkylation sites (tertiary alicyclic amines) is 1. The third-order valence-corrected chi connectivity index (χ3v) is 4.65. The van der Waals surface area contributed by atoms with E-state index in [0.29, 0.717) is 23.5 Å². The minimum Gasteiger partial charge on any atom is -0.388 e. The van der Waals surface area contributed by atoms with E-state index in [1.807, 2.05) is 49.1 Å². The quantitative estimate of drug-likeness (QED) is 0.939. The minimum atomic E-state index is -0.556. The molecule has 0 spiro atoms. The van der Waals surface area contributed by atoms with Gasteiger partial charge in [0.2, 0.25) is 0 Å². The monoisotopic (exact) mass is 325 g/mol. The number of rotatable bonds is 4. The van der Waals surface area contributed by atoms with Gasteiger partial charge in [-0.3, -0.25) is 4.79 Å². The SMILES string of the molecule is Cc1ncc(C(=O)N2CCCC2CC(O)c2ccccc2)c(C)n1. The summed E-state index contributed by atoms with van der Waals surface area (Å²) in [6, 6.07) is 9.66. The smallest absolute Gasteiger partial charge is 0.257 e. The normalized spacial score (nSPS) is 18.6. The van der Waals surface area contributed by atoms with E-state index >= 15 is 0 Å². The fraction of sp³-hybridized carbons (Fsp3) is 0.421. The Kier molecular flexibility index (Phi) is 4.90. The number of benzene rings is 1. The number of amides is 1. The molecule has 1 aromatic heterocycles. The van der Waals surface area contributed by atoms with Crippen molar-refractivity contribution in [3.8, 4) is 0 Å². The summed E-state index contributed by atoms with van der Waals surface area (Å²) in [7, 11) is 0. The van der Waals surface area contributed by atoms with Gasteiger partial charge in [-0.05, 0) is 38.7 Å². The van der Waals surface area contributed by atoms with Gasteiger partial charge in [-0.1, -0.05) is 30.3 Å². The van der Waals surface area contributed by atoms with Gasteiger partial charge in [-0.25, -0.2) is 9.97 Å². The zero-order valence-electron chi connectivity index (χ0n) is 14.1. The Hall–Kier alpha value is -2.27. The predicted octanol–water partition coefficient (Wildman–Crippen LogP) is 2.82. The van der Waals surface area contributed by atoms with Crippen molar-refractivity contribution in [3.05, 3.63) is 59.2 Å². The molecular weight excluding hydrogens is 302 g/mol. The highest BCUT2D eigenvalue weighted by molar-refractivity contribution is 5.95. The van der Waals surface area contributed by atoms with Gasteiger partial charge < -0.3 is 10.0 Å². The molecule has 0 aliphatic carbocycles. The van der Waals surface area contributed by atoms with E-state index in [1.54, 1.807) is 6.20 Å². The van der Waals surface area contributed by atoms with Crippen LogP contribution < -0.4 is 0 Å². The van der Waals surface area contributed by atoms with Gasteiger partial charge in [0.1, 0.15) is 5.82 Å². The molecule has 5 nitrogen and oxygen atoms in total. The lowest BCUT2D eigenvalue weighted by atomic mass is 10.00. The molecule has 0 radical (unpaired) electrons. The van der Waals surface area contributed by atoms with Crippen molar-refractivity contribution in [2.45, 2.75) is 45.3 Å². The molecule has 24 heavy (non-hydrogen) atoms. The Morgan fingerprint density at radius 1 is 1.33 bits per heavy atom. The molecule has 1 aromatic carbocycles. The van der Waals surface area contributed by atoms with Gasteiger partial charge in [0.05, 0.1) is 17.4 Å². The Labute approximate surface area is 142 Å². The summed E-state index contributed by atoms with van der Waals surface area (Å²) in [5, 5.41) is 10.5. The van der Waals surface area contributed by atoms with Crippen molar-refractivity contribution in [2.24, 2.45) is 0 Å². The summed E-state index contributed by atoms with van der Waals surface area (Å²) < 4.78 is 0. The van der Waals surface area contributed by atoms with Crippen LogP contribution in [0.25, 0.3) is 0 Å². The number of aryl methyl sites for hydroxylation is 2. The number of carbonyl (C=O) groups is 1. The van der Waals surface area contributed by atoms with Crippen molar-refractivity contribution in [3.63, 3.8) is 0 Å². The number of hydrogen-bond donors (Lipinski definition) is 1. The minimum absolute atomic E-state index is 0.0322. The van der Waals surface area contributed by atoms with E-state index in [-0.39, 0.29) is 11.9 Å². The number of nitrogens with zero attached hydrogens (tertiary/aromatic N) is 3. The average molecular weight is 325 g/mol. The van der Waals surface area contributed by atoms with Crippen LogP contribution in [0.5, 0.6) is 0 Å². The van der Waals surface area contributed by atoms with Crippen LogP contribution in [0.1, 0.15) is 52.8 Å². The molecule has 1 aliphatic heterocycles. The Morgan fingerprint density at radius 2 is 2.08 bits per heavy atom. The lowest BCUT2D eigenvalue weighted by molar-refractivity contribution is 0.0665. The highest BCUT2D eigenvalue weighted by Crippen LogP contribution is 2.28. The van der Waals surface area contributed by atoms with Crippen LogP contribution in [-0.2, 0) is 0 Å². The van der Waals surface area contributed by atoms with Crippen LogP contribution in [-0.4, -0.2) is 38.5 Å². The standard InChI is InChI=1S/C19H23N3O2/c1-13-17(12-20-14(2)21-13)19(24)22-10-6-9-16(22)11-18(23)15-7-4-3-5-8-15/h3-5,7-8,12,16,18,23H,6,9-11H2,1-2H3. The van der Waals surface area contributed by atoms with Gasteiger partial charge in [-0.2, -0.15) is 0 Å². The Bertz CT molecular complexity index is 718. The first-order valence-electron chi connectivity index (χ1n) is 8.40. The summed E-state index contributed by atoms with van der Waals surface area (Å²) >= 11 is 0. The van der Waals surface area contributed by atoms with E-state index in [2.05, 4.69) is 9.97 Å². The van der Waals surface area contributed by atoms with E-state index in [1.165, 1.54) is 0 Å². The maximum absolute atomic E-state index is 12.9. The molecule has 1 fully saturated rings. The maximum atomic E-state index is 12.9. The summed E-state index contributed by atoms with van der Waals surface area (Å²) in [5.74, 6) is 0.636. The van der Waals surface area contributed by atoms with Crippen LogP contribution in [0.4, 0.5) is 0 Å². The predicted molar refractivity (Wildman–Crippen MR) is 91.6 cm³/mol. The fourth-order valence-electron chi connectivity index (χ4n) is 3.36. The Balaban J connectivity index is 1.74. The van der Waals surface area contributed by atoms with Crippen molar-refractivity contribution in [2.75, 3.05) is 6.54 Å². The third-order valence-electron chi connectivity index (χ3n) is 4.65. The third kappa shape index (κ3) is 3.46. The zero-order valence-corrected chi connectivity index (χ0v) is 14.1. The van der Waals surface area contributed by atoms with Crippen LogP contribution in [0.3, 0.4) is 0 Å². The van der Waals surface area contributed by atoms with Crippen LogP contribution in [0, 0.1) is 13.8 Å². The topological polar surface area (TPSA) is 66.3 Å². The van der Waals surface area contributed by atoms with Crippen molar-refractivity contribution in [1.29, 1.82) is 0 Å². The second-order valence-corrected chi connectivity index (χ2v) is 6.37.